The average Bonchev–Trinajstić information content (AvgIpc) is 2.95. The monoisotopic (exact) mass is 299 g/mol. The molecule has 6 nitrogen and oxygen atoms in total. The van der Waals surface area contributed by atoms with Gasteiger partial charge in [-0.2, -0.15) is 10.1 Å². The minimum atomic E-state index is 0.0808. The molecule has 0 spiro atoms. The van der Waals surface area contributed by atoms with Gasteiger partial charge >= 0.3 is 0 Å². The van der Waals surface area contributed by atoms with Crippen LogP contribution in [0.15, 0.2) is 31.6 Å². The Labute approximate surface area is 130 Å². The number of hydrogen-bond donors (Lipinski definition) is 0. The summed E-state index contributed by atoms with van der Waals surface area (Å²) in [6.45, 7) is 12.3. The van der Waals surface area contributed by atoms with Gasteiger partial charge in [-0.25, -0.2) is 9.50 Å². The summed E-state index contributed by atoms with van der Waals surface area (Å²) in [5.41, 5.74) is 2.92. The third-order valence-electron chi connectivity index (χ3n) is 3.63. The van der Waals surface area contributed by atoms with E-state index in [4.69, 9.17) is 0 Å². The number of fused-ring (bicyclic) bond motifs is 1. The molecule has 0 bridgehead atoms. The lowest BCUT2D eigenvalue weighted by Crippen LogP contribution is -2.31. The minimum absolute atomic E-state index is 0.0808. The van der Waals surface area contributed by atoms with Crippen molar-refractivity contribution in [3.63, 3.8) is 0 Å². The second kappa shape index (κ2) is 6.98. The first-order chi connectivity index (χ1) is 10.6. The van der Waals surface area contributed by atoms with E-state index in [0.29, 0.717) is 31.7 Å². The van der Waals surface area contributed by atoms with Gasteiger partial charge < -0.3 is 4.90 Å². The minimum Gasteiger partial charge on any atom is -0.335 e. The van der Waals surface area contributed by atoms with Crippen LogP contribution in [-0.2, 0) is 11.2 Å². The van der Waals surface area contributed by atoms with Crippen molar-refractivity contribution >= 4 is 11.7 Å². The van der Waals surface area contributed by atoms with Crippen molar-refractivity contribution < 1.29 is 4.79 Å². The average molecular weight is 299 g/mol. The first-order valence-corrected chi connectivity index (χ1v) is 7.23. The fourth-order valence-electron chi connectivity index (χ4n) is 2.50. The summed E-state index contributed by atoms with van der Waals surface area (Å²) in [4.78, 5) is 22.6. The third kappa shape index (κ3) is 3.21. The fraction of sp³-hybridized carbons (Fsp3) is 0.375. The molecule has 0 N–H and O–H groups in total. The van der Waals surface area contributed by atoms with Crippen LogP contribution in [0.1, 0.15) is 23.4 Å². The molecule has 0 saturated carbocycles. The summed E-state index contributed by atoms with van der Waals surface area (Å²) < 4.78 is 1.71. The predicted octanol–water partition coefficient (Wildman–Crippen LogP) is 1.87. The molecule has 6 heteroatoms. The zero-order valence-electron chi connectivity index (χ0n) is 13.1. The lowest BCUT2D eigenvalue weighted by atomic mass is 10.1. The molecule has 22 heavy (non-hydrogen) atoms. The standard InChI is InChI=1S/C16H21N5O/c1-5-9-20(10-6-2)15(22)8-7-14-12(3)19-16-17-11-18-21(16)13(14)4/h5-6,11H,1-2,7-10H2,3-4H3. The molecule has 2 aromatic heterocycles. The zero-order chi connectivity index (χ0) is 16.1. The molecule has 0 aliphatic heterocycles. The van der Waals surface area contributed by atoms with Crippen LogP contribution in [0.4, 0.5) is 0 Å². The van der Waals surface area contributed by atoms with Crippen molar-refractivity contribution in [2.45, 2.75) is 26.7 Å². The number of amides is 1. The van der Waals surface area contributed by atoms with Crippen molar-refractivity contribution in [1.82, 2.24) is 24.5 Å². The molecule has 0 saturated heterocycles. The Bertz CT molecular complexity index is 694. The summed E-state index contributed by atoms with van der Waals surface area (Å²) in [7, 11) is 0. The second-order valence-electron chi connectivity index (χ2n) is 5.11. The van der Waals surface area contributed by atoms with Gasteiger partial charge in [-0.05, 0) is 25.8 Å². The number of rotatable bonds is 7. The van der Waals surface area contributed by atoms with Crippen LogP contribution in [0.25, 0.3) is 5.78 Å². The van der Waals surface area contributed by atoms with Crippen LogP contribution in [0.3, 0.4) is 0 Å². The summed E-state index contributed by atoms with van der Waals surface area (Å²) >= 11 is 0. The first kappa shape index (κ1) is 15.9. The van der Waals surface area contributed by atoms with Crippen molar-refractivity contribution in [3.8, 4) is 0 Å². The van der Waals surface area contributed by atoms with Gasteiger partial charge in [0, 0.05) is 30.9 Å². The maximum Gasteiger partial charge on any atom is 0.252 e. The predicted molar refractivity (Wildman–Crippen MR) is 85.6 cm³/mol. The highest BCUT2D eigenvalue weighted by Crippen LogP contribution is 2.15. The van der Waals surface area contributed by atoms with Crippen molar-refractivity contribution in [1.29, 1.82) is 0 Å². The molecule has 0 aliphatic rings. The number of carbonyl (C=O) groups excluding carboxylic acids is 1. The highest BCUT2D eigenvalue weighted by atomic mass is 16.2. The van der Waals surface area contributed by atoms with E-state index in [9.17, 15) is 4.79 Å². The molecular weight excluding hydrogens is 278 g/mol. The molecule has 1 amide bonds. The number of carbonyl (C=O) groups is 1. The van der Waals surface area contributed by atoms with Crippen LogP contribution in [0.2, 0.25) is 0 Å². The molecule has 0 unspecified atom stereocenters. The maximum absolute atomic E-state index is 12.3. The Morgan fingerprint density at radius 2 is 2.00 bits per heavy atom. The van der Waals surface area contributed by atoms with Crippen LogP contribution in [-0.4, -0.2) is 43.5 Å². The van der Waals surface area contributed by atoms with Crippen LogP contribution >= 0.6 is 0 Å². The van der Waals surface area contributed by atoms with Gasteiger partial charge in [0.05, 0.1) is 0 Å². The topological polar surface area (TPSA) is 63.4 Å². The normalized spacial score (nSPS) is 10.6. The van der Waals surface area contributed by atoms with E-state index in [2.05, 4.69) is 28.2 Å². The number of aromatic nitrogens is 4. The van der Waals surface area contributed by atoms with Crippen molar-refractivity contribution in [2.24, 2.45) is 0 Å². The molecule has 0 aromatic carbocycles. The summed E-state index contributed by atoms with van der Waals surface area (Å²) in [5, 5.41) is 4.16. The van der Waals surface area contributed by atoms with E-state index < -0.39 is 0 Å². The van der Waals surface area contributed by atoms with E-state index in [1.165, 1.54) is 6.33 Å². The SMILES string of the molecule is C=CCN(CC=C)C(=O)CCc1c(C)nc2ncnn2c1C. The van der Waals surface area contributed by atoms with Crippen LogP contribution < -0.4 is 0 Å². The van der Waals surface area contributed by atoms with Gasteiger partial charge in [0.2, 0.25) is 5.91 Å². The highest BCUT2D eigenvalue weighted by Gasteiger charge is 2.15. The molecule has 0 atom stereocenters. The summed E-state index contributed by atoms with van der Waals surface area (Å²) in [6, 6.07) is 0. The number of aryl methyl sites for hydroxylation is 2. The van der Waals surface area contributed by atoms with Gasteiger partial charge in [-0.3, -0.25) is 4.79 Å². The largest absolute Gasteiger partial charge is 0.335 e. The van der Waals surface area contributed by atoms with Crippen LogP contribution in [0, 0.1) is 13.8 Å². The second-order valence-corrected chi connectivity index (χ2v) is 5.11. The van der Waals surface area contributed by atoms with E-state index in [1.807, 2.05) is 13.8 Å². The Kier molecular flexibility index (Phi) is 5.04. The molecule has 0 fully saturated rings. The quantitative estimate of drug-likeness (QED) is 0.732. The molecule has 2 heterocycles. The zero-order valence-corrected chi connectivity index (χ0v) is 13.1. The first-order valence-electron chi connectivity index (χ1n) is 7.23. The van der Waals surface area contributed by atoms with E-state index in [-0.39, 0.29) is 5.91 Å². The lowest BCUT2D eigenvalue weighted by molar-refractivity contribution is -0.130. The third-order valence-corrected chi connectivity index (χ3v) is 3.63. The summed E-state index contributed by atoms with van der Waals surface area (Å²) in [5.74, 6) is 0.669. The Morgan fingerprint density at radius 3 is 2.64 bits per heavy atom. The Morgan fingerprint density at radius 1 is 1.32 bits per heavy atom. The maximum atomic E-state index is 12.3. The molecular formula is C16H21N5O. The van der Waals surface area contributed by atoms with Crippen molar-refractivity contribution in [3.05, 3.63) is 48.6 Å². The Balaban J connectivity index is 2.15. The van der Waals surface area contributed by atoms with Crippen molar-refractivity contribution in [2.75, 3.05) is 13.1 Å². The smallest absolute Gasteiger partial charge is 0.252 e. The van der Waals surface area contributed by atoms with Gasteiger partial charge in [0.15, 0.2) is 0 Å². The van der Waals surface area contributed by atoms with E-state index in [1.54, 1.807) is 21.6 Å². The summed E-state index contributed by atoms with van der Waals surface area (Å²) in [6.07, 6.45) is 5.98. The number of nitrogens with zero attached hydrogens (tertiary/aromatic N) is 5. The fourth-order valence-corrected chi connectivity index (χ4v) is 2.50. The van der Waals surface area contributed by atoms with Gasteiger partial charge in [0.25, 0.3) is 5.78 Å². The molecule has 0 aliphatic carbocycles. The lowest BCUT2D eigenvalue weighted by Gasteiger charge is -2.19. The van der Waals surface area contributed by atoms with Gasteiger partial charge in [-0.1, -0.05) is 12.2 Å². The highest BCUT2D eigenvalue weighted by molar-refractivity contribution is 5.76. The van der Waals surface area contributed by atoms with E-state index >= 15 is 0 Å². The molecule has 2 aromatic rings. The molecule has 0 radical (unpaired) electrons. The van der Waals surface area contributed by atoms with Gasteiger partial charge in [0.1, 0.15) is 6.33 Å². The molecule has 116 valence electrons. The Hall–Kier alpha value is -2.50. The van der Waals surface area contributed by atoms with E-state index in [0.717, 1.165) is 17.0 Å². The number of hydrogen-bond acceptors (Lipinski definition) is 4. The molecule has 2 rings (SSSR count). The van der Waals surface area contributed by atoms with Crippen LogP contribution in [0.5, 0.6) is 0 Å². The van der Waals surface area contributed by atoms with Gasteiger partial charge in [-0.15, -0.1) is 13.2 Å².